The lowest BCUT2D eigenvalue weighted by atomic mass is 10.0. The number of H-pyrrole nitrogens is 2. The molecular formula is C21H18F3N3O. The molecule has 0 unspecified atom stereocenters. The number of halogens is 3. The van der Waals surface area contributed by atoms with Crippen molar-refractivity contribution in [1.82, 2.24) is 15.3 Å². The van der Waals surface area contributed by atoms with Crippen LogP contribution in [0.25, 0.3) is 21.8 Å². The summed E-state index contributed by atoms with van der Waals surface area (Å²) in [6.45, 7) is 4.09. The molecule has 4 rings (SSSR count). The first-order valence-corrected chi connectivity index (χ1v) is 8.87. The predicted molar refractivity (Wildman–Crippen MR) is 102 cm³/mol. The van der Waals surface area contributed by atoms with Crippen LogP contribution < -0.4 is 5.32 Å². The van der Waals surface area contributed by atoms with Crippen molar-refractivity contribution >= 4 is 27.7 Å². The van der Waals surface area contributed by atoms with Crippen LogP contribution in [0.5, 0.6) is 0 Å². The third-order valence-electron chi connectivity index (χ3n) is 4.99. The van der Waals surface area contributed by atoms with E-state index in [9.17, 15) is 18.0 Å². The van der Waals surface area contributed by atoms with Gasteiger partial charge in [0.25, 0.3) is 5.91 Å². The molecule has 144 valence electrons. The molecule has 2 aromatic carbocycles. The number of amides is 1. The number of benzene rings is 2. The minimum absolute atomic E-state index is 0.150. The summed E-state index contributed by atoms with van der Waals surface area (Å²) in [4.78, 5) is 18.2. The van der Waals surface area contributed by atoms with Gasteiger partial charge in [-0.15, -0.1) is 0 Å². The second kappa shape index (κ2) is 6.74. The zero-order valence-electron chi connectivity index (χ0n) is 15.3. The SMILES string of the molecule is Cc1[nH]c2c(F)ccc(C)c2c1CCNC(=O)c1cc2c(F)cc(F)cc2[nH]1. The Morgan fingerprint density at radius 3 is 2.61 bits per heavy atom. The number of nitrogens with one attached hydrogen (secondary N) is 3. The van der Waals surface area contributed by atoms with Gasteiger partial charge in [0.05, 0.1) is 11.0 Å². The van der Waals surface area contributed by atoms with E-state index in [0.29, 0.717) is 18.5 Å². The normalized spacial score (nSPS) is 11.5. The molecule has 2 heterocycles. The number of carbonyl (C=O) groups is 1. The molecule has 0 saturated carbocycles. The van der Waals surface area contributed by atoms with Gasteiger partial charge in [-0.05, 0) is 49.6 Å². The van der Waals surface area contributed by atoms with Crippen LogP contribution in [-0.2, 0) is 6.42 Å². The Labute approximate surface area is 158 Å². The molecule has 0 aliphatic rings. The predicted octanol–water partition coefficient (Wildman–Crippen LogP) is 4.66. The van der Waals surface area contributed by atoms with Crippen LogP contribution in [0.15, 0.2) is 30.3 Å². The lowest BCUT2D eigenvalue weighted by Crippen LogP contribution is -2.26. The molecule has 28 heavy (non-hydrogen) atoms. The fourth-order valence-electron chi connectivity index (χ4n) is 3.63. The van der Waals surface area contributed by atoms with Gasteiger partial charge < -0.3 is 15.3 Å². The quantitative estimate of drug-likeness (QED) is 0.470. The highest BCUT2D eigenvalue weighted by Crippen LogP contribution is 2.28. The number of carbonyl (C=O) groups excluding carboxylic acids is 1. The Morgan fingerprint density at radius 2 is 1.82 bits per heavy atom. The molecule has 0 saturated heterocycles. The smallest absolute Gasteiger partial charge is 0.267 e. The van der Waals surface area contributed by atoms with Gasteiger partial charge in [0, 0.05) is 29.1 Å². The summed E-state index contributed by atoms with van der Waals surface area (Å²) in [7, 11) is 0. The van der Waals surface area contributed by atoms with Crippen molar-refractivity contribution in [1.29, 1.82) is 0 Å². The van der Waals surface area contributed by atoms with Crippen molar-refractivity contribution in [2.75, 3.05) is 6.54 Å². The second-order valence-electron chi connectivity index (χ2n) is 6.88. The Balaban J connectivity index is 1.52. The lowest BCUT2D eigenvalue weighted by Gasteiger charge is -2.06. The van der Waals surface area contributed by atoms with E-state index in [1.165, 1.54) is 12.1 Å². The van der Waals surface area contributed by atoms with Gasteiger partial charge in [0.15, 0.2) is 0 Å². The van der Waals surface area contributed by atoms with Crippen LogP contribution in [-0.4, -0.2) is 22.4 Å². The van der Waals surface area contributed by atoms with Gasteiger partial charge in [0.2, 0.25) is 0 Å². The first-order valence-electron chi connectivity index (χ1n) is 8.87. The van der Waals surface area contributed by atoms with Gasteiger partial charge >= 0.3 is 0 Å². The van der Waals surface area contributed by atoms with Crippen LogP contribution in [0.4, 0.5) is 13.2 Å². The van der Waals surface area contributed by atoms with Gasteiger partial charge in [0.1, 0.15) is 23.1 Å². The van der Waals surface area contributed by atoms with Gasteiger partial charge in [-0.3, -0.25) is 4.79 Å². The average Bonchev–Trinajstić information content (AvgIpc) is 3.21. The number of hydrogen-bond donors (Lipinski definition) is 3. The minimum atomic E-state index is -0.725. The first kappa shape index (κ1) is 18.2. The molecule has 0 aliphatic heterocycles. The van der Waals surface area contributed by atoms with E-state index in [1.807, 2.05) is 13.8 Å². The van der Waals surface area contributed by atoms with Crippen molar-refractivity contribution in [3.63, 3.8) is 0 Å². The molecule has 2 aromatic heterocycles. The van der Waals surface area contributed by atoms with Crippen molar-refractivity contribution in [3.05, 3.63) is 70.3 Å². The molecule has 0 bridgehead atoms. The zero-order chi connectivity index (χ0) is 20.0. The molecule has 0 radical (unpaired) electrons. The van der Waals surface area contributed by atoms with E-state index >= 15 is 0 Å². The zero-order valence-corrected chi connectivity index (χ0v) is 15.3. The number of rotatable bonds is 4. The maximum Gasteiger partial charge on any atom is 0.267 e. The number of aryl methyl sites for hydroxylation is 2. The molecule has 4 nitrogen and oxygen atoms in total. The summed E-state index contributed by atoms with van der Waals surface area (Å²) in [5.41, 5.74) is 3.58. The fraction of sp³-hybridized carbons (Fsp3) is 0.190. The molecule has 0 atom stereocenters. The van der Waals surface area contributed by atoms with E-state index in [2.05, 4.69) is 15.3 Å². The summed E-state index contributed by atoms with van der Waals surface area (Å²) in [5, 5.41) is 3.75. The molecule has 0 spiro atoms. The molecule has 0 aliphatic carbocycles. The van der Waals surface area contributed by atoms with E-state index < -0.39 is 17.5 Å². The maximum absolute atomic E-state index is 14.0. The third kappa shape index (κ3) is 3.02. The Morgan fingerprint density at radius 1 is 1.04 bits per heavy atom. The van der Waals surface area contributed by atoms with Gasteiger partial charge in [-0.2, -0.15) is 0 Å². The number of aromatic nitrogens is 2. The number of aromatic amines is 2. The average molecular weight is 385 g/mol. The molecule has 0 fully saturated rings. The third-order valence-corrected chi connectivity index (χ3v) is 4.99. The van der Waals surface area contributed by atoms with Gasteiger partial charge in [-0.25, -0.2) is 13.2 Å². The maximum atomic E-state index is 14.0. The fourth-order valence-corrected chi connectivity index (χ4v) is 3.63. The van der Waals surface area contributed by atoms with Crippen LogP contribution in [0, 0.1) is 31.3 Å². The van der Waals surface area contributed by atoms with Crippen LogP contribution in [0.2, 0.25) is 0 Å². The monoisotopic (exact) mass is 385 g/mol. The Kier molecular flexibility index (Phi) is 4.37. The molecule has 3 N–H and O–H groups in total. The van der Waals surface area contributed by atoms with E-state index in [1.54, 1.807) is 6.07 Å². The van der Waals surface area contributed by atoms with E-state index in [-0.39, 0.29) is 22.4 Å². The summed E-state index contributed by atoms with van der Waals surface area (Å²) in [6, 6.07) is 6.43. The topological polar surface area (TPSA) is 60.7 Å². The van der Waals surface area contributed by atoms with Gasteiger partial charge in [-0.1, -0.05) is 6.07 Å². The second-order valence-corrected chi connectivity index (χ2v) is 6.88. The number of fused-ring (bicyclic) bond motifs is 2. The summed E-state index contributed by atoms with van der Waals surface area (Å²) >= 11 is 0. The highest BCUT2D eigenvalue weighted by molar-refractivity contribution is 5.98. The standard InChI is InChI=1S/C21H18F3N3O/c1-10-3-4-15(23)20-19(10)13(11(2)26-20)5-6-25-21(28)18-9-14-16(24)7-12(22)8-17(14)27-18/h3-4,7-9,26-27H,5-6H2,1-2H3,(H,25,28). The summed E-state index contributed by atoms with van der Waals surface area (Å²) in [5.74, 6) is -2.17. The van der Waals surface area contributed by atoms with Crippen molar-refractivity contribution in [3.8, 4) is 0 Å². The largest absolute Gasteiger partial charge is 0.356 e. The first-order chi connectivity index (χ1) is 13.3. The van der Waals surface area contributed by atoms with E-state index in [4.69, 9.17) is 0 Å². The molecular weight excluding hydrogens is 367 g/mol. The Bertz CT molecular complexity index is 1220. The van der Waals surface area contributed by atoms with Crippen LogP contribution >= 0.6 is 0 Å². The lowest BCUT2D eigenvalue weighted by molar-refractivity contribution is 0.0950. The van der Waals surface area contributed by atoms with E-state index in [0.717, 1.165) is 34.3 Å². The summed E-state index contributed by atoms with van der Waals surface area (Å²) in [6.07, 6.45) is 0.505. The van der Waals surface area contributed by atoms with Crippen molar-refractivity contribution in [2.45, 2.75) is 20.3 Å². The molecule has 4 aromatic rings. The highest BCUT2D eigenvalue weighted by Gasteiger charge is 2.16. The minimum Gasteiger partial charge on any atom is -0.356 e. The molecule has 1 amide bonds. The summed E-state index contributed by atoms with van der Waals surface area (Å²) < 4.78 is 41.1. The van der Waals surface area contributed by atoms with Crippen molar-refractivity contribution < 1.29 is 18.0 Å². The van der Waals surface area contributed by atoms with Crippen LogP contribution in [0.1, 0.15) is 27.3 Å². The Hall–Kier alpha value is -3.22. The highest BCUT2D eigenvalue weighted by atomic mass is 19.1. The van der Waals surface area contributed by atoms with Crippen molar-refractivity contribution in [2.24, 2.45) is 0 Å². The molecule has 7 heteroatoms. The number of hydrogen-bond acceptors (Lipinski definition) is 1. The van der Waals surface area contributed by atoms with Crippen LogP contribution in [0.3, 0.4) is 0 Å².